The van der Waals surface area contributed by atoms with Gasteiger partial charge in [0.2, 0.25) is 0 Å². The van der Waals surface area contributed by atoms with E-state index >= 15 is 0 Å². The third-order valence-electron chi connectivity index (χ3n) is 4.40. The summed E-state index contributed by atoms with van der Waals surface area (Å²) in [6.45, 7) is 2.53. The van der Waals surface area contributed by atoms with Gasteiger partial charge in [0.1, 0.15) is 0 Å². The highest BCUT2D eigenvalue weighted by atomic mass is 35.5. The molecule has 10 heteroatoms. The van der Waals surface area contributed by atoms with Gasteiger partial charge in [-0.1, -0.05) is 11.3 Å². The molecule has 27 heavy (non-hydrogen) atoms. The van der Waals surface area contributed by atoms with Crippen molar-refractivity contribution in [1.82, 2.24) is 25.6 Å². The van der Waals surface area contributed by atoms with Crippen LogP contribution in [0.4, 0.5) is 13.2 Å². The van der Waals surface area contributed by atoms with Crippen LogP contribution in [0.25, 0.3) is 5.69 Å². The summed E-state index contributed by atoms with van der Waals surface area (Å²) in [5.41, 5.74) is -0.513. The fraction of sp³-hybridized carbons (Fsp3) is 0.471. The lowest BCUT2D eigenvalue weighted by molar-refractivity contribution is -0.137. The van der Waals surface area contributed by atoms with Gasteiger partial charge in [-0.15, -0.1) is 17.5 Å². The van der Waals surface area contributed by atoms with Crippen molar-refractivity contribution in [3.63, 3.8) is 0 Å². The number of amides is 1. The van der Waals surface area contributed by atoms with E-state index < -0.39 is 11.7 Å². The summed E-state index contributed by atoms with van der Waals surface area (Å²) < 4.78 is 39.5. The molecule has 148 valence electrons. The first kappa shape index (κ1) is 21.2. The Hall–Kier alpha value is -2.13. The van der Waals surface area contributed by atoms with Crippen molar-refractivity contribution in [1.29, 1.82) is 0 Å². The molecule has 1 aromatic carbocycles. The number of halogens is 4. The van der Waals surface area contributed by atoms with Crippen molar-refractivity contribution in [2.75, 3.05) is 19.6 Å². The van der Waals surface area contributed by atoms with Gasteiger partial charge in [0.25, 0.3) is 5.91 Å². The van der Waals surface area contributed by atoms with Gasteiger partial charge >= 0.3 is 6.18 Å². The van der Waals surface area contributed by atoms with Crippen LogP contribution < -0.4 is 10.6 Å². The second kappa shape index (κ2) is 9.18. The number of aromatic nitrogens is 3. The molecule has 1 aromatic heterocycles. The third kappa shape index (κ3) is 5.67. The maximum atomic E-state index is 12.8. The van der Waals surface area contributed by atoms with E-state index in [0.717, 1.165) is 49.2 Å². The summed E-state index contributed by atoms with van der Waals surface area (Å²) in [7, 11) is 0. The summed E-state index contributed by atoms with van der Waals surface area (Å²) in [5, 5.41) is 13.6. The molecule has 1 saturated heterocycles. The van der Waals surface area contributed by atoms with Crippen LogP contribution in [0.5, 0.6) is 0 Å². The highest BCUT2D eigenvalue weighted by Gasteiger charge is 2.30. The number of alkyl halides is 3. The Morgan fingerprint density at radius 2 is 2.19 bits per heavy atom. The van der Waals surface area contributed by atoms with Gasteiger partial charge in [-0.05, 0) is 56.5 Å². The van der Waals surface area contributed by atoms with Crippen LogP contribution >= 0.6 is 12.4 Å². The van der Waals surface area contributed by atoms with E-state index in [1.165, 1.54) is 18.3 Å². The average molecular weight is 404 g/mol. The van der Waals surface area contributed by atoms with Gasteiger partial charge in [0.15, 0.2) is 5.69 Å². The van der Waals surface area contributed by atoms with Crippen LogP contribution in [-0.4, -0.2) is 40.5 Å². The highest BCUT2D eigenvalue weighted by molar-refractivity contribution is 5.91. The van der Waals surface area contributed by atoms with Crippen LogP contribution in [0.15, 0.2) is 30.5 Å². The summed E-state index contributed by atoms with van der Waals surface area (Å²) >= 11 is 0. The van der Waals surface area contributed by atoms with E-state index in [0.29, 0.717) is 12.5 Å². The fourth-order valence-corrected chi connectivity index (χ4v) is 2.97. The first-order chi connectivity index (χ1) is 12.4. The van der Waals surface area contributed by atoms with Crippen molar-refractivity contribution in [3.05, 3.63) is 41.7 Å². The number of hydrogen-bond donors (Lipinski definition) is 2. The number of nitrogens with zero attached hydrogens (tertiary/aromatic N) is 3. The lowest BCUT2D eigenvalue weighted by Gasteiger charge is -2.22. The molecule has 1 atom stereocenters. The van der Waals surface area contributed by atoms with Crippen molar-refractivity contribution >= 4 is 18.3 Å². The van der Waals surface area contributed by atoms with E-state index in [4.69, 9.17) is 0 Å². The zero-order valence-electron chi connectivity index (χ0n) is 14.5. The zero-order chi connectivity index (χ0) is 18.6. The number of piperidine rings is 1. The van der Waals surface area contributed by atoms with Crippen molar-refractivity contribution in [2.45, 2.75) is 25.4 Å². The van der Waals surface area contributed by atoms with Gasteiger partial charge in [-0.2, -0.15) is 13.2 Å². The predicted molar refractivity (Wildman–Crippen MR) is 96.2 cm³/mol. The van der Waals surface area contributed by atoms with Gasteiger partial charge in [0, 0.05) is 6.54 Å². The largest absolute Gasteiger partial charge is 0.416 e. The molecule has 2 heterocycles. The van der Waals surface area contributed by atoms with Crippen LogP contribution in [-0.2, 0) is 6.18 Å². The Kier molecular flexibility index (Phi) is 7.20. The van der Waals surface area contributed by atoms with Crippen LogP contribution in [0, 0.1) is 5.92 Å². The summed E-state index contributed by atoms with van der Waals surface area (Å²) in [4.78, 5) is 12.1. The van der Waals surface area contributed by atoms with Crippen LogP contribution in [0.3, 0.4) is 0 Å². The molecule has 1 aliphatic rings. The highest BCUT2D eigenvalue weighted by Crippen LogP contribution is 2.30. The minimum Gasteiger partial charge on any atom is -0.351 e. The topological polar surface area (TPSA) is 71.8 Å². The smallest absolute Gasteiger partial charge is 0.351 e. The van der Waals surface area contributed by atoms with Crippen molar-refractivity contribution in [3.8, 4) is 5.69 Å². The van der Waals surface area contributed by atoms with E-state index in [1.807, 2.05) is 0 Å². The molecule has 1 fully saturated rings. The molecule has 0 radical (unpaired) electrons. The number of nitrogens with one attached hydrogen (secondary N) is 2. The van der Waals surface area contributed by atoms with Crippen molar-refractivity contribution in [2.24, 2.45) is 5.92 Å². The zero-order valence-corrected chi connectivity index (χ0v) is 15.3. The second-order valence-electron chi connectivity index (χ2n) is 6.35. The third-order valence-corrected chi connectivity index (χ3v) is 4.40. The monoisotopic (exact) mass is 403 g/mol. The first-order valence-electron chi connectivity index (χ1n) is 8.52. The number of carbonyl (C=O) groups is 1. The molecule has 1 aliphatic heterocycles. The Balaban J connectivity index is 0.00000261. The molecule has 0 saturated carbocycles. The molecule has 0 spiro atoms. The molecule has 2 N–H and O–H groups in total. The number of hydrogen-bond acceptors (Lipinski definition) is 4. The number of carbonyl (C=O) groups excluding carboxylic acids is 1. The average Bonchev–Trinajstić information content (AvgIpc) is 3.12. The first-order valence-corrected chi connectivity index (χ1v) is 8.52. The molecule has 1 amide bonds. The maximum absolute atomic E-state index is 12.8. The molecular formula is C17H21ClF3N5O. The summed E-state index contributed by atoms with van der Waals surface area (Å²) in [6.07, 6.45) is 0.0524. The van der Waals surface area contributed by atoms with Crippen LogP contribution in [0.2, 0.25) is 0 Å². The standard InChI is InChI=1S/C17H20F3N5O.ClH/c18-17(19,20)13-4-1-5-14(9-13)25-11-15(23-24-25)16(26)22-8-6-12-3-2-7-21-10-12;/h1,4-5,9,11-12,21H,2-3,6-8,10H2,(H,22,26);1H. The van der Waals surface area contributed by atoms with Crippen molar-refractivity contribution < 1.29 is 18.0 Å². The van der Waals surface area contributed by atoms with E-state index in [-0.39, 0.29) is 29.7 Å². The lowest BCUT2D eigenvalue weighted by atomic mass is 9.96. The summed E-state index contributed by atoms with van der Waals surface area (Å²) in [6, 6.07) is 4.71. The Labute approximate surface area is 160 Å². The molecule has 6 nitrogen and oxygen atoms in total. The maximum Gasteiger partial charge on any atom is 0.416 e. The second-order valence-corrected chi connectivity index (χ2v) is 6.35. The van der Waals surface area contributed by atoms with E-state index in [2.05, 4.69) is 20.9 Å². The summed E-state index contributed by atoms with van der Waals surface area (Å²) in [5.74, 6) is 0.164. The van der Waals surface area contributed by atoms with Gasteiger partial charge < -0.3 is 10.6 Å². The minimum absolute atomic E-state index is 0. The quantitative estimate of drug-likeness (QED) is 0.805. The SMILES string of the molecule is Cl.O=C(NCCC1CCCNC1)c1cn(-c2cccc(C(F)(F)F)c2)nn1. The number of benzene rings is 1. The van der Waals surface area contributed by atoms with Gasteiger partial charge in [0.05, 0.1) is 17.4 Å². The van der Waals surface area contributed by atoms with Gasteiger partial charge in [-0.3, -0.25) is 4.79 Å². The fourth-order valence-electron chi connectivity index (χ4n) is 2.97. The van der Waals surface area contributed by atoms with Gasteiger partial charge in [-0.25, -0.2) is 4.68 Å². The van der Waals surface area contributed by atoms with E-state index in [9.17, 15) is 18.0 Å². The van der Waals surface area contributed by atoms with Crippen LogP contribution in [0.1, 0.15) is 35.3 Å². The molecular weight excluding hydrogens is 383 g/mol. The molecule has 1 unspecified atom stereocenters. The Morgan fingerprint density at radius 3 is 2.89 bits per heavy atom. The molecule has 3 rings (SSSR count). The minimum atomic E-state index is -4.44. The Bertz CT molecular complexity index is 759. The predicted octanol–water partition coefficient (Wildman–Crippen LogP) is 2.83. The Morgan fingerprint density at radius 1 is 1.37 bits per heavy atom. The molecule has 0 bridgehead atoms. The van der Waals surface area contributed by atoms with E-state index in [1.54, 1.807) is 0 Å². The number of rotatable bonds is 5. The lowest BCUT2D eigenvalue weighted by Crippen LogP contribution is -2.33. The molecule has 0 aliphatic carbocycles. The molecule has 2 aromatic rings. The normalized spacial score (nSPS) is 17.2.